The maximum atomic E-state index is 5.69. The van der Waals surface area contributed by atoms with Gasteiger partial charge in [-0.25, -0.2) is 4.99 Å². The average Bonchev–Trinajstić information content (AvgIpc) is 2.74. The lowest BCUT2D eigenvalue weighted by Gasteiger charge is -2.14. The van der Waals surface area contributed by atoms with Crippen molar-refractivity contribution >= 4 is 29.9 Å². The number of ether oxygens (including phenoxy) is 4. The fourth-order valence-corrected chi connectivity index (χ4v) is 2.59. The van der Waals surface area contributed by atoms with Gasteiger partial charge in [0.25, 0.3) is 0 Å². The minimum atomic E-state index is 0. The number of methoxy groups -OCH3 is 3. The highest BCUT2D eigenvalue weighted by Crippen LogP contribution is 2.38. The zero-order valence-corrected chi connectivity index (χ0v) is 19.7. The molecule has 2 rings (SSSR count). The molecule has 0 bridgehead atoms. The third-order valence-corrected chi connectivity index (χ3v) is 3.89. The fourth-order valence-electron chi connectivity index (χ4n) is 2.59. The van der Waals surface area contributed by atoms with E-state index in [1.54, 1.807) is 21.3 Å². The Morgan fingerprint density at radius 1 is 0.931 bits per heavy atom. The standard InChI is InChI=1S/C21H29N3O4.HI/c1-5-22-21(23-11-12-28-17-9-7-6-8-10-17)24-15-16-13-18(25-2)20(27-4)19(14-16)26-3;/h6-10,13-14H,5,11-12,15H2,1-4H3,(H2,22,23,24);1H. The predicted molar refractivity (Wildman–Crippen MR) is 126 cm³/mol. The molecule has 0 saturated heterocycles. The molecule has 0 aliphatic heterocycles. The maximum Gasteiger partial charge on any atom is 0.203 e. The minimum absolute atomic E-state index is 0. The molecule has 0 spiro atoms. The second kappa shape index (κ2) is 13.8. The molecule has 7 nitrogen and oxygen atoms in total. The van der Waals surface area contributed by atoms with E-state index in [0.717, 1.165) is 17.9 Å². The highest BCUT2D eigenvalue weighted by atomic mass is 127. The van der Waals surface area contributed by atoms with Gasteiger partial charge >= 0.3 is 0 Å². The van der Waals surface area contributed by atoms with Gasteiger partial charge in [-0.15, -0.1) is 24.0 Å². The number of hydrogen-bond acceptors (Lipinski definition) is 5. The van der Waals surface area contributed by atoms with E-state index < -0.39 is 0 Å². The molecule has 2 N–H and O–H groups in total. The van der Waals surface area contributed by atoms with Gasteiger partial charge in [-0.1, -0.05) is 18.2 Å². The second-order valence-electron chi connectivity index (χ2n) is 5.82. The van der Waals surface area contributed by atoms with Crippen LogP contribution in [0.2, 0.25) is 0 Å². The zero-order chi connectivity index (χ0) is 20.2. The molecule has 0 heterocycles. The molecule has 2 aromatic carbocycles. The molecular weight excluding hydrogens is 485 g/mol. The van der Waals surface area contributed by atoms with Crippen LogP contribution in [-0.2, 0) is 6.54 Å². The molecule has 0 saturated carbocycles. The first-order chi connectivity index (χ1) is 13.7. The molecule has 0 radical (unpaired) electrons. The summed E-state index contributed by atoms with van der Waals surface area (Å²) in [6.45, 7) is 4.43. The van der Waals surface area contributed by atoms with Crippen molar-refractivity contribution in [3.05, 3.63) is 48.0 Å². The number of nitrogens with zero attached hydrogens (tertiary/aromatic N) is 1. The summed E-state index contributed by atoms with van der Waals surface area (Å²) in [4.78, 5) is 4.62. The molecule has 0 amide bonds. The number of halogens is 1. The Morgan fingerprint density at radius 3 is 2.14 bits per heavy atom. The monoisotopic (exact) mass is 515 g/mol. The lowest BCUT2D eigenvalue weighted by atomic mass is 10.2. The van der Waals surface area contributed by atoms with Crippen LogP contribution in [0.1, 0.15) is 12.5 Å². The number of aliphatic imine (C=N–C) groups is 1. The van der Waals surface area contributed by atoms with Crippen LogP contribution in [0.15, 0.2) is 47.5 Å². The van der Waals surface area contributed by atoms with Crippen LogP contribution in [0.3, 0.4) is 0 Å². The van der Waals surface area contributed by atoms with Crippen molar-refractivity contribution < 1.29 is 18.9 Å². The van der Waals surface area contributed by atoms with Crippen LogP contribution in [0, 0.1) is 0 Å². The van der Waals surface area contributed by atoms with Crippen LogP contribution in [0.5, 0.6) is 23.0 Å². The van der Waals surface area contributed by atoms with Crippen molar-refractivity contribution in [3.63, 3.8) is 0 Å². The van der Waals surface area contributed by atoms with E-state index in [1.165, 1.54) is 0 Å². The zero-order valence-electron chi connectivity index (χ0n) is 17.4. The van der Waals surface area contributed by atoms with Gasteiger partial charge in [-0.2, -0.15) is 0 Å². The van der Waals surface area contributed by atoms with E-state index in [-0.39, 0.29) is 24.0 Å². The summed E-state index contributed by atoms with van der Waals surface area (Å²) in [5.74, 6) is 3.36. The van der Waals surface area contributed by atoms with Gasteiger partial charge in [0.1, 0.15) is 12.4 Å². The van der Waals surface area contributed by atoms with Crippen molar-refractivity contribution in [2.45, 2.75) is 13.5 Å². The van der Waals surface area contributed by atoms with E-state index in [1.807, 2.05) is 49.4 Å². The predicted octanol–water partition coefficient (Wildman–Crippen LogP) is 3.46. The van der Waals surface area contributed by atoms with Crippen LogP contribution in [0.4, 0.5) is 0 Å². The van der Waals surface area contributed by atoms with Gasteiger partial charge in [0.05, 0.1) is 34.4 Å². The van der Waals surface area contributed by atoms with E-state index in [4.69, 9.17) is 18.9 Å². The van der Waals surface area contributed by atoms with Crippen LogP contribution >= 0.6 is 24.0 Å². The molecule has 0 unspecified atom stereocenters. The van der Waals surface area contributed by atoms with Crippen molar-refractivity contribution in [1.82, 2.24) is 10.6 Å². The number of hydrogen-bond donors (Lipinski definition) is 2. The first-order valence-electron chi connectivity index (χ1n) is 9.20. The Bertz CT molecular complexity index is 732. The van der Waals surface area contributed by atoms with Gasteiger partial charge in [-0.3, -0.25) is 0 Å². The van der Waals surface area contributed by atoms with Gasteiger partial charge in [0.15, 0.2) is 17.5 Å². The second-order valence-corrected chi connectivity index (χ2v) is 5.82. The average molecular weight is 515 g/mol. The Kier molecular flexibility index (Phi) is 11.7. The molecule has 0 aliphatic carbocycles. The van der Waals surface area contributed by atoms with E-state index in [0.29, 0.717) is 42.9 Å². The number of para-hydroxylation sites is 1. The van der Waals surface area contributed by atoms with E-state index in [9.17, 15) is 0 Å². The molecular formula is C21H30IN3O4. The number of rotatable bonds is 10. The van der Waals surface area contributed by atoms with Crippen LogP contribution in [-0.4, -0.2) is 47.0 Å². The molecule has 0 fully saturated rings. The highest BCUT2D eigenvalue weighted by molar-refractivity contribution is 14.0. The quantitative estimate of drug-likeness (QED) is 0.219. The maximum absolute atomic E-state index is 5.69. The molecule has 8 heteroatoms. The summed E-state index contributed by atoms with van der Waals surface area (Å²) in [5.41, 5.74) is 0.951. The van der Waals surface area contributed by atoms with Gasteiger partial charge in [-0.05, 0) is 36.8 Å². The summed E-state index contributed by atoms with van der Waals surface area (Å²) in [7, 11) is 4.79. The van der Waals surface area contributed by atoms with Gasteiger partial charge < -0.3 is 29.6 Å². The SMILES string of the molecule is CCNC(=NCc1cc(OC)c(OC)c(OC)c1)NCCOc1ccccc1.I. The summed E-state index contributed by atoms with van der Waals surface area (Å²) in [6.07, 6.45) is 0. The van der Waals surface area contributed by atoms with Crippen molar-refractivity contribution in [1.29, 1.82) is 0 Å². The fraction of sp³-hybridized carbons (Fsp3) is 0.381. The van der Waals surface area contributed by atoms with Crippen LogP contribution in [0.25, 0.3) is 0 Å². The molecule has 29 heavy (non-hydrogen) atoms. The lowest BCUT2D eigenvalue weighted by Crippen LogP contribution is -2.39. The minimum Gasteiger partial charge on any atom is -0.493 e. The van der Waals surface area contributed by atoms with E-state index in [2.05, 4.69) is 15.6 Å². The summed E-state index contributed by atoms with van der Waals surface area (Å²) in [5, 5.41) is 6.50. The smallest absolute Gasteiger partial charge is 0.203 e. The number of guanidine groups is 1. The van der Waals surface area contributed by atoms with Crippen molar-refractivity contribution in [2.24, 2.45) is 4.99 Å². The first kappa shape index (κ1) is 24.7. The van der Waals surface area contributed by atoms with Crippen LogP contribution < -0.4 is 29.6 Å². The molecule has 160 valence electrons. The highest BCUT2D eigenvalue weighted by Gasteiger charge is 2.13. The topological polar surface area (TPSA) is 73.3 Å². The normalized spacial score (nSPS) is 10.6. The first-order valence-corrected chi connectivity index (χ1v) is 9.20. The van der Waals surface area contributed by atoms with Crippen molar-refractivity contribution in [3.8, 4) is 23.0 Å². The Hall–Kier alpha value is -2.36. The van der Waals surface area contributed by atoms with Gasteiger partial charge in [0, 0.05) is 6.54 Å². The third kappa shape index (κ3) is 7.88. The molecule has 2 aromatic rings. The third-order valence-electron chi connectivity index (χ3n) is 3.89. The summed E-state index contributed by atoms with van der Waals surface area (Å²) >= 11 is 0. The molecule has 0 atom stereocenters. The Labute approximate surface area is 189 Å². The molecule has 0 aliphatic rings. The summed E-state index contributed by atoms with van der Waals surface area (Å²) < 4.78 is 21.8. The largest absolute Gasteiger partial charge is 0.493 e. The lowest BCUT2D eigenvalue weighted by molar-refractivity contribution is 0.322. The molecule has 0 aromatic heterocycles. The Balaban J connectivity index is 0.00000420. The number of nitrogens with one attached hydrogen (secondary N) is 2. The van der Waals surface area contributed by atoms with Crippen molar-refractivity contribution in [2.75, 3.05) is 41.0 Å². The van der Waals surface area contributed by atoms with E-state index >= 15 is 0 Å². The van der Waals surface area contributed by atoms with Gasteiger partial charge in [0.2, 0.25) is 5.75 Å². The number of benzene rings is 2. The summed E-state index contributed by atoms with van der Waals surface area (Å²) in [6, 6.07) is 13.5. The Morgan fingerprint density at radius 2 is 1.59 bits per heavy atom.